The highest BCUT2D eigenvalue weighted by Gasteiger charge is 2.35. The van der Waals surface area contributed by atoms with Gasteiger partial charge in [-0.05, 0) is 30.3 Å². The SMILES string of the molecule is O=C1/C(=C/C=CC=CC2=C(O)c3ccccc3OC2)S(=O)(=O)Oc2ccccc21. The van der Waals surface area contributed by atoms with Gasteiger partial charge < -0.3 is 14.0 Å². The number of para-hydroxylation sites is 2. The van der Waals surface area contributed by atoms with E-state index in [-0.39, 0.29) is 23.7 Å². The Balaban J connectivity index is 1.55. The molecule has 146 valence electrons. The minimum atomic E-state index is -4.17. The highest BCUT2D eigenvalue weighted by atomic mass is 32.2. The zero-order valence-electron chi connectivity index (χ0n) is 15.1. The minimum absolute atomic E-state index is 0.0264. The van der Waals surface area contributed by atoms with Crippen molar-refractivity contribution in [3.8, 4) is 11.5 Å². The molecule has 2 aromatic carbocycles. The van der Waals surface area contributed by atoms with Gasteiger partial charge in [-0.1, -0.05) is 48.6 Å². The van der Waals surface area contributed by atoms with Crippen LogP contribution in [0.3, 0.4) is 0 Å². The minimum Gasteiger partial charge on any atom is -0.507 e. The molecule has 6 nitrogen and oxygen atoms in total. The van der Waals surface area contributed by atoms with Crippen LogP contribution in [0.1, 0.15) is 15.9 Å². The molecule has 1 N–H and O–H groups in total. The molecule has 0 unspecified atom stereocenters. The first-order valence-electron chi connectivity index (χ1n) is 8.75. The number of ether oxygens (including phenoxy) is 1. The number of rotatable bonds is 3. The van der Waals surface area contributed by atoms with Crippen molar-refractivity contribution in [3.63, 3.8) is 0 Å². The van der Waals surface area contributed by atoms with E-state index in [4.69, 9.17) is 8.92 Å². The predicted molar refractivity (Wildman–Crippen MR) is 108 cm³/mol. The van der Waals surface area contributed by atoms with E-state index in [1.807, 2.05) is 6.07 Å². The van der Waals surface area contributed by atoms with Crippen molar-refractivity contribution < 1.29 is 27.2 Å². The maximum absolute atomic E-state index is 12.5. The van der Waals surface area contributed by atoms with Crippen LogP contribution in [0.25, 0.3) is 5.76 Å². The number of hydrogen-bond donors (Lipinski definition) is 1. The van der Waals surface area contributed by atoms with E-state index in [1.54, 1.807) is 48.6 Å². The molecule has 0 atom stereocenters. The molecule has 2 heterocycles. The summed E-state index contributed by atoms with van der Waals surface area (Å²) in [5, 5.41) is 10.3. The van der Waals surface area contributed by atoms with Gasteiger partial charge in [0, 0.05) is 5.57 Å². The number of aliphatic hydroxyl groups is 1. The third-order valence-electron chi connectivity index (χ3n) is 4.42. The van der Waals surface area contributed by atoms with Crippen molar-refractivity contribution in [3.05, 3.63) is 101 Å². The van der Waals surface area contributed by atoms with Crippen LogP contribution in [0.2, 0.25) is 0 Å². The molecule has 0 aromatic heterocycles. The van der Waals surface area contributed by atoms with Crippen LogP contribution in [-0.2, 0) is 10.1 Å². The molecule has 0 fully saturated rings. The van der Waals surface area contributed by atoms with Gasteiger partial charge in [0.15, 0.2) is 10.7 Å². The Hall–Kier alpha value is -3.58. The number of carbonyl (C=O) groups excluding carboxylic acids is 1. The van der Waals surface area contributed by atoms with Crippen molar-refractivity contribution in [2.45, 2.75) is 0 Å². The summed E-state index contributed by atoms with van der Waals surface area (Å²) in [5.41, 5.74) is 1.39. The van der Waals surface area contributed by atoms with Gasteiger partial charge >= 0.3 is 10.1 Å². The summed E-state index contributed by atoms with van der Waals surface area (Å²) in [5.74, 6) is 0.158. The maximum Gasteiger partial charge on any atom is 0.343 e. The summed E-state index contributed by atoms with van der Waals surface area (Å²) in [6, 6.07) is 13.3. The first-order valence-corrected chi connectivity index (χ1v) is 10.2. The Morgan fingerprint density at radius 3 is 2.38 bits per heavy atom. The van der Waals surface area contributed by atoms with Crippen molar-refractivity contribution in [1.82, 2.24) is 0 Å². The molecule has 0 radical (unpaired) electrons. The van der Waals surface area contributed by atoms with E-state index >= 15 is 0 Å². The summed E-state index contributed by atoms with van der Waals surface area (Å²) < 4.78 is 35.0. The molecule has 0 aliphatic carbocycles. The van der Waals surface area contributed by atoms with Crippen molar-refractivity contribution >= 4 is 21.7 Å². The van der Waals surface area contributed by atoms with Gasteiger partial charge in [-0.3, -0.25) is 4.79 Å². The Morgan fingerprint density at radius 2 is 1.59 bits per heavy atom. The first kappa shape index (κ1) is 18.8. The Morgan fingerprint density at radius 1 is 0.897 bits per heavy atom. The highest BCUT2D eigenvalue weighted by Crippen LogP contribution is 2.32. The zero-order valence-corrected chi connectivity index (χ0v) is 15.9. The van der Waals surface area contributed by atoms with Crippen molar-refractivity contribution in [2.75, 3.05) is 6.61 Å². The van der Waals surface area contributed by atoms with E-state index in [1.165, 1.54) is 24.3 Å². The third-order valence-corrected chi connectivity index (χ3v) is 5.68. The fraction of sp³-hybridized carbons (Fsp3) is 0.0455. The number of carbonyl (C=O) groups is 1. The highest BCUT2D eigenvalue weighted by molar-refractivity contribution is 7.92. The lowest BCUT2D eigenvalue weighted by Gasteiger charge is -2.18. The lowest BCUT2D eigenvalue weighted by atomic mass is 10.0. The van der Waals surface area contributed by atoms with Gasteiger partial charge in [0.05, 0.1) is 11.1 Å². The van der Waals surface area contributed by atoms with E-state index in [9.17, 15) is 18.3 Å². The van der Waals surface area contributed by atoms with E-state index < -0.39 is 20.8 Å². The fourth-order valence-corrected chi connectivity index (χ4v) is 4.04. The topological polar surface area (TPSA) is 89.9 Å². The molecule has 0 saturated carbocycles. The summed E-state index contributed by atoms with van der Waals surface area (Å²) >= 11 is 0. The second-order valence-electron chi connectivity index (χ2n) is 6.30. The lowest BCUT2D eigenvalue weighted by molar-refractivity contribution is 0.103. The van der Waals surface area contributed by atoms with Crippen LogP contribution in [0.4, 0.5) is 0 Å². The molecule has 0 bridgehead atoms. The van der Waals surface area contributed by atoms with Crippen LogP contribution in [0.5, 0.6) is 11.5 Å². The molecule has 4 rings (SSSR count). The molecule has 0 spiro atoms. The summed E-state index contributed by atoms with van der Waals surface area (Å²) in [6.45, 7) is 0.214. The molecule has 2 aliphatic heterocycles. The second kappa shape index (κ2) is 7.44. The number of ketones is 1. The van der Waals surface area contributed by atoms with Crippen LogP contribution >= 0.6 is 0 Å². The molecule has 2 aliphatic rings. The van der Waals surface area contributed by atoms with Gasteiger partial charge in [0.2, 0.25) is 5.78 Å². The lowest BCUT2D eigenvalue weighted by Crippen LogP contribution is -2.25. The Bertz CT molecular complexity index is 1220. The normalized spacial score (nSPS) is 19.2. The van der Waals surface area contributed by atoms with E-state index in [0.717, 1.165) is 0 Å². The predicted octanol–water partition coefficient (Wildman–Crippen LogP) is 3.95. The fourth-order valence-electron chi connectivity index (χ4n) is 2.99. The van der Waals surface area contributed by atoms with Gasteiger partial charge in [0.25, 0.3) is 0 Å². The van der Waals surface area contributed by atoms with E-state index in [0.29, 0.717) is 16.9 Å². The number of Topliss-reactive ketones (excluding diaryl/α,β-unsaturated/α-hetero) is 1. The quantitative estimate of drug-likeness (QED) is 0.470. The second-order valence-corrected chi connectivity index (χ2v) is 7.81. The summed E-state index contributed by atoms with van der Waals surface area (Å²) in [6.07, 6.45) is 7.45. The average molecular weight is 408 g/mol. The molecular formula is C22H16O6S. The third kappa shape index (κ3) is 3.60. The van der Waals surface area contributed by atoms with Crippen LogP contribution < -0.4 is 8.92 Å². The largest absolute Gasteiger partial charge is 0.507 e. The number of hydrogen-bond acceptors (Lipinski definition) is 6. The molecule has 2 aromatic rings. The van der Waals surface area contributed by atoms with Gasteiger partial charge in [-0.15, -0.1) is 0 Å². The van der Waals surface area contributed by atoms with Crippen molar-refractivity contribution in [1.29, 1.82) is 0 Å². The standard InChI is InChI=1S/C22H16O6S/c23-21-15(14-27-18-11-6-4-9-16(18)21)8-2-1-3-13-20-22(24)17-10-5-7-12-19(17)28-29(20,25)26/h1-13,23H,14H2/b3-1?,8-2?,20-13-. The molecular weight excluding hydrogens is 392 g/mol. The van der Waals surface area contributed by atoms with Crippen LogP contribution in [-0.4, -0.2) is 25.9 Å². The Labute approximate surface area is 167 Å². The van der Waals surface area contributed by atoms with Crippen LogP contribution in [0, 0.1) is 0 Å². The number of allylic oxidation sites excluding steroid dienone is 5. The maximum atomic E-state index is 12.5. The van der Waals surface area contributed by atoms with Crippen molar-refractivity contribution in [2.24, 2.45) is 0 Å². The summed E-state index contributed by atoms with van der Waals surface area (Å²) in [4.78, 5) is 12.0. The smallest absolute Gasteiger partial charge is 0.343 e. The van der Waals surface area contributed by atoms with Gasteiger partial charge in [0.1, 0.15) is 18.1 Å². The zero-order chi connectivity index (χ0) is 20.4. The average Bonchev–Trinajstić information content (AvgIpc) is 2.71. The van der Waals surface area contributed by atoms with E-state index in [2.05, 4.69) is 0 Å². The van der Waals surface area contributed by atoms with Gasteiger partial charge in [-0.25, -0.2) is 0 Å². The summed E-state index contributed by atoms with van der Waals surface area (Å²) in [7, 11) is -4.17. The molecule has 0 amide bonds. The monoisotopic (exact) mass is 408 g/mol. The molecule has 7 heteroatoms. The first-order chi connectivity index (χ1) is 14.0. The number of benzene rings is 2. The Kier molecular flexibility index (Phi) is 4.82. The molecule has 29 heavy (non-hydrogen) atoms. The van der Waals surface area contributed by atoms with Crippen LogP contribution in [0.15, 0.2) is 89.4 Å². The van der Waals surface area contributed by atoms with Gasteiger partial charge in [-0.2, -0.15) is 8.42 Å². The number of fused-ring (bicyclic) bond motifs is 2. The molecule has 0 saturated heterocycles. The number of aliphatic hydroxyl groups excluding tert-OH is 1.